The SMILES string of the molecule is COC(=O)c1cc(COC(=O)c2ccc(Cl)c(S(=O)(=O)N(C)C)c2)oc1C. The van der Waals surface area contributed by atoms with Gasteiger partial charge in [-0.2, -0.15) is 0 Å². The maximum atomic E-state index is 12.3. The van der Waals surface area contributed by atoms with Crippen LogP contribution in [0.1, 0.15) is 32.2 Å². The molecule has 0 unspecified atom stereocenters. The van der Waals surface area contributed by atoms with Gasteiger partial charge < -0.3 is 13.9 Å². The Hall–Kier alpha value is -2.36. The minimum Gasteiger partial charge on any atom is -0.465 e. The minimum absolute atomic E-state index is 0.00960. The van der Waals surface area contributed by atoms with E-state index in [0.717, 1.165) is 10.4 Å². The Balaban J connectivity index is 2.19. The first-order chi connectivity index (χ1) is 12.6. The molecule has 0 saturated carbocycles. The Bertz CT molecular complexity index is 979. The van der Waals surface area contributed by atoms with Crippen molar-refractivity contribution in [1.82, 2.24) is 4.31 Å². The topological polar surface area (TPSA) is 103 Å². The molecule has 0 atom stereocenters. The van der Waals surface area contributed by atoms with Gasteiger partial charge >= 0.3 is 11.9 Å². The lowest BCUT2D eigenvalue weighted by atomic mass is 10.2. The van der Waals surface area contributed by atoms with Crippen molar-refractivity contribution >= 4 is 33.6 Å². The third kappa shape index (κ3) is 4.49. The monoisotopic (exact) mass is 415 g/mol. The molecule has 0 radical (unpaired) electrons. The third-order valence-electron chi connectivity index (χ3n) is 3.65. The predicted molar refractivity (Wildman–Crippen MR) is 96.2 cm³/mol. The molecule has 0 N–H and O–H groups in total. The number of hydrogen-bond acceptors (Lipinski definition) is 7. The molecule has 8 nitrogen and oxygen atoms in total. The van der Waals surface area contributed by atoms with E-state index in [1.165, 1.54) is 39.4 Å². The van der Waals surface area contributed by atoms with Crippen molar-refractivity contribution < 1.29 is 31.9 Å². The van der Waals surface area contributed by atoms with E-state index >= 15 is 0 Å². The fourth-order valence-electron chi connectivity index (χ4n) is 2.17. The average Bonchev–Trinajstić information content (AvgIpc) is 2.99. The number of aryl methyl sites for hydroxylation is 1. The second kappa shape index (κ2) is 8.12. The molecule has 1 aromatic carbocycles. The molecule has 2 aromatic rings. The van der Waals surface area contributed by atoms with Gasteiger partial charge in [0.15, 0.2) is 0 Å². The molecule has 0 aliphatic rings. The highest BCUT2D eigenvalue weighted by Crippen LogP contribution is 2.25. The number of carbonyl (C=O) groups excluding carboxylic acids is 2. The molecule has 0 aliphatic heterocycles. The number of methoxy groups -OCH3 is 1. The Morgan fingerprint density at radius 2 is 1.85 bits per heavy atom. The number of hydrogen-bond donors (Lipinski definition) is 0. The quantitative estimate of drug-likeness (QED) is 0.668. The number of furan rings is 1. The van der Waals surface area contributed by atoms with Gasteiger partial charge in [-0.3, -0.25) is 0 Å². The normalized spacial score (nSPS) is 11.5. The highest BCUT2D eigenvalue weighted by atomic mass is 35.5. The van der Waals surface area contributed by atoms with E-state index in [1.54, 1.807) is 6.92 Å². The zero-order valence-electron chi connectivity index (χ0n) is 15.1. The second-order valence-electron chi connectivity index (χ2n) is 5.68. The van der Waals surface area contributed by atoms with E-state index in [-0.39, 0.29) is 33.4 Å². The highest BCUT2D eigenvalue weighted by molar-refractivity contribution is 7.89. The van der Waals surface area contributed by atoms with Crippen LogP contribution in [-0.2, 0) is 26.1 Å². The Morgan fingerprint density at radius 3 is 2.44 bits per heavy atom. The summed E-state index contributed by atoms with van der Waals surface area (Å²) in [5.41, 5.74) is 0.241. The van der Waals surface area contributed by atoms with E-state index < -0.39 is 22.0 Å². The van der Waals surface area contributed by atoms with Crippen LogP contribution in [0.15, 0.2) is 33.6 Å². The molecule has 1 aromatic heterocycles. The van der Waals surface area contributed by atoms with E-state index in [1.807, 2.05) is 0 Å². The van der Waals surface area contributed by atoms with E-state index in [9.17, 15) is 18.0 Å². The van der Waals surface area contributed by atoms with Gasteiger partial charge in [-0.15, -0.1) is 0 Å². The molecule has 0 amide bonds. The number of benzene rings is 1. The second-order valence-corrected chi connectivity index (χ2v) is 8.21. The summed E-state index contributed by atoms with van der Waals surface area (Å²) in [4.78, 5) is 23.6. The number of nitrogens with zero attached hydrogens (tertiary/aromatic N) is 1. The van der Waals surface area contributed by atoms with Gasteiger partial charge in [0.25, 0.3) is 0 Å². The molecule has 0 aliphatic carbocycles. The number of ether oxygens (including phenoxy) is 2. The molecular weight excluding hydrogens is 398 g/mol. The molecule has 27 heavy (non-hydrogen) atoms. The summed E-state index contributed by atoms with van der Waals surface area (Å²) in [6.07, 6.45) is 0. The summed E-state index contributed by atoms with van der Waals surface area (Å²) in [5, 5.41) is -0.00960. The first-order valence-corrected chi connectivity index (χ1v) is 9.46. The fraction of sp³-hybridized carbons (Fsp3) is 0.294. The fourth-order valence-corrected chi connectivity index (χ4v) is 3.57. The van der Waals surface area contributed by atoms with E-state index in [2.05, 4.69) is 4.74 Å². The lowest BCUT2D eigenvalue weighted by molar-refractivity contribution is 0.0443. The maximum absolute atomic E-state index is 12.3. The molecule has 10 heteroatoms. The van der Waals surface area contributed by atoms with Crippen LogP contribution in [0.25, 0.3) is 0 Å². The van der Waals surface area contributed by atoms with Gasteiger partial charge in [0.2, 0.25) is 10.0 Å². The first-order valence-electron chi connectivity index (χ1n) is 7.64. The van der Waals surface area contributed by atoms with Crippen molar-refractivity contribution in [2.75, 3.05) is 21.2 Å². The van der Waals surface area contributed by atoms with Crippen LogP contribution in [0, 0.1) is 6.92 Å². The van der Waals surface area contributed by atoms with Crippen LogP contribution < -0.4 is 0 Å². The zero-order chi connectivity index (χ0) is 20.4. The number of sulfonamides is 1. The van der Waals surface area contributed by atoms with Gasteiger partial charge in [-0.1, -0.05) is 11.6 Å². The van der Waals surface area contributed by atoms with Crippen molar-refractivity contribution in [3.8, 4) is 0 Å². The summed E-state index contributed by atoms with van der Waals surface area (Å²) in [7, 11) is 0.135. The minimum atomic E-state index is -3.82. The van der Waals surface area contributed by atoms with E-state index in [0.29, 0.717) is 5.76 Å². The summed E-state index contributed by atoms with van der Waals surface area (Å²) in [6, 6.07) is 5.22. The van der Waals surface area contributed by atoms with Crippen molar-refractivity contribution in [3.05, 3.63) is 51.9 Å². The number of halogens is 1. The molecular formula is C17H18ClNO7S. The van der Waals surface area contributed by atoms with Crippen LogP contribution in [0.3, 0.4) is 0 Å². The number of rotatable bonds is 6. The lowest BCUT2D eigenvalue weighted by Gasteiger charge is -2.13. The zero-order valence-corrected chi connectivity index (χ0v) is 16.7. The standard InChI is InChI=1S/C17H18ClNO7S/c1-10-13(17(21)24-4)8-12(26-10)9-25-16(20)11-5-6-14(18)15(7-11)27(22,23)19(2)3/h5-8H,9H2,1-4H3. The van der Waals surface area contributed by atoms with E-state index in [4.69, 9.17) is 20.8 Å². The van der Waals surface area contributed by atoms with Crippen molar-refractivity contribution in [2.45, 2.75) is 18.4 Å². The first kappa shape index (κ1) is 20.9. The third-order valence-corrected chi connectivity index (χ3v) is 5.94. The number of esters is 2. The van der Waals surface area contributed by atoms with Gasteiger partial charge in [0, 0.05) is 14.1 Å². The van der Waals surface area contributed by atoms with Gasteiger partial charge in [-0.05, 0) is 31.2 Å². The largest absolute Gasteiger partial charge is 0.465 e. The van der Waals surface area contributed by atoms with Crippen LogP contribution >= 0.6 is 11.6 Å². The Labute approximate surface area is 161 Å². The molecule has 2 rings (SSSR count). The van der Waals surface area contributed by atoms with Crippen LogP contribution in [0.4, 0.5) is 0 Å². The smallest absolute Gasteiger partial charge is 0.341 e. The van der Waals surface area contributed by atoms with Crippen molar-refractivity contribution in [3.63, 3.8) is 0 Å². The molecule has 0 saturated heterocycles. The van der Waals surface area contributed by atoms with Gasteiger partial charge in [-0.25, -0.2) is 22.3 Å². The van der Waals surface area contributed by atoms with Crippen LogP contribution in [-0.4, -0.2) is 45.9 Å². The Kier molecular flexibility index (Phi) is 6.30. The van der Waals surface area contributed by atoms with Crippen molar-refractivity contribution in [1.29, 1.82) is 0 Å². The molecule has 1 heterocycles. The van der Waals surface area contributed by atoms with Gasteiger partial charge in [0.1, 0.15) is 28.6 Å². The molecule has 0 fully saturated rings. The van der Waals surface area contributed by atoms with Crippen molar-refractivity contribution in [2.24, 2.45) is 0 Å². The average molecular weight is 416 g/mol. The lowest BCUT2D eigenvalue weighted by Crippen LogP contribution is -2.23. The highest BCUT2D eigenvalue weighted by Gasteiger charge is 2.23. The summed E-state index contributed by atoms with van der Waals surface area (Å²) in [6.45, 7) is 1.34. The van der Waals surface area contributed by atoms with Crippen LogP contribution in [0.5, 0.6) is 0 Å². The summed E-state index contributed by atoms with van der Waals surface area (Å²) < 4.78 is 40.6. The van der Waals surface area contributed by atoms with Crippen LogP contribution in [0.2, 0.25) is 5.02 Å². The molecule has 0 spiro atoms. The predicted octanol–water partition coefficient (Wildman–Crippen LogP) is 2.64. The molecule has 0 bridgehead atoms. The Morgan fingerprint density at radius 1 is 1.19 bits per heavy atom. The maximum Gasteiger partial charge on any atom is 0.341 e. The molecule has 146 valence electrons. The van der Waals surface area contributed by atoms with Gasteiger partial charge in [0.05, 0.1) is 17.7 Å². The summed E-state index contributed by atoms with van der Waals surface area (Å²) in [5.74, 6) is -0.754. The summed E-state index contributed by atoms with van der Waals surface area (Å²) >= 11 is 5.95. The number of carbonyl (C=O) groups is 2.